The van der Waals surface area contributed by atoms with Gasteiger partial charge in [-0.1, -0.05) is 121 Å². The highest BCUT2D eigenvalue weighted by Gasteiger charge is 2.40. The standard InChI is InChI=1S/C34H37NO3/c1-5-13-28(14-6-1)23-35-22-21-33(37-25-30-17-9-3-10-18-30)34(38-26-31-19-11-4-12-20-31)32(35)27-36-24-29-15-7-2-8-16-29/h1-20,32-34H,21-27H2. The number of ether oxygens (including phenoxy) is 3. The summed E-state index contributed by atoms with van der Waals surface area (Å²) in [6.07, 6.45) is 0.775. The van der Waals surface area contributed by atoms with Crippen molar-refractivity contribution < 1.29 is 14.2 Å². The van der Waals surface area contributed by atoms with E-state index in [1.165, 1.54) is 22.3 Å². The summed E-state index contributed by atoms with van der Waals surface area (Å²) in [6, 6.07) is 41.9. The summed E-state index contributed by atoms with van der Waals surface area (Å²) in [5.41, 5.74) is 4.82. The third-order valence-corrected chi connectivity index (χ3v) is 7.14. The molecule has 1 fully saturated rings. The average Bonchev–Trinajstić information content (AvgIpc) is 2.98. The Morgan fingerprint density at radius 2 is 1.03 bits per heavy atom. The molecule has 0 saturated carbocycles. The molecule has 1 heterocycles. The number of nitrogens with zero attached hydrogens (tertiary/aromatic N) is 1. The molecule has 1 saturated heterocycles. The summed E-state index contributed by atoms with van der Waals surface area (Å²) in [5.74, 6) is 0. The van der Waals surface area contributed by atoms with Crippen LogP contribution in [0.2, 0.25) is 0 Å². The molecule has 0 bridgehead atoms. The van der Waals surface area contributed by atoms with Gasteiger partial charge >= 0.3 is 0 Å². The Morgan fingerprint density at radius 3 is 1.58 bits per heavy atom. The van der Waals surface area contributed by atoms with Crippen molar-refractivity contribution >= 4 is 0 Å². The van der Waals surface area contributed by atoms with Crippen LogP contribution in [0.25, 0.3) is 0 Å². The van der Waals surface area contributed by atoms with Gasteiger partial charge in [0.2, 0.25) is 0 Å². The van der Waals surface area contributed by atoms with Gasteiger partial charge in [0.25, 0.3) is 0 Å². The van der Waals surface area contributed by atoms with Crippen LogP contribution in [0.4, 0.5) is 0 Å². The van der Waals surface area contributed by atoms with Gasteiger partial charge in [-0.2, -0.15) is 0 Å². The molecule has 1 aliphatic rings. The van der Waals surface area contributed by atoms with E-state index in [4.69, 9.17) is 14.2 Å². The van der Waals surface area contributed by atoms with Crippen molar-refractivity contribution in [2.75, 3.05) is 13.2 Å². The van der Waals surface area contributed by atoms with Gasteiger partial charge < -0.3 is 14.2 Å². The molecule has 4 nitrogen and oxygen atoms in total. The summed E-state index contributed by atoms with van der Waals surface area (Å²) < 4.78 is 19.6. The Bertz CT molecular complexity index is 1190. The van der Waals surface area contributed by atoms with Gasteiger partial charge in [-0.25, -0.2) is 0 Å². The van der Waals surface area contributed by atoms with Crippen LogP contribution in [0.15, 0.2) is 121 Å². The lowest BCUT2D eigenvalue weighted by atomic mass is 9.95. The zero-order valence-electron chi connectivity index (χ0n) is 21.9. The van der Waals surface area contributed by atoms with Crippen LogP contribution in [0, 0.1) is 0 Å². The lowest BCUT2D eigenvalue weighted by Crippen LogP contribution is -2.57. The minimum absolute atomic E-state index is 0.0173. The van der Waals surface area contributed by atoms with Crippen LogP contribution >= 0.6 is 0 Å². The molecule has 0 spiro atoms. The highest BCUT2D eigenvalue weighted by Crippen LogP contribution is 2.28. The van der Waals surface area contributed by atoms with Crippen molar-refractivity contribution in [3.63, 3.8) is 0 Å². The third kappa shape index (κ3) is 7.62. The first kappa shape index (κ1) is 26.3. The lowest BCUT2D eigenvalue weighted by molar-refractivity contribution is -0.159. The fraction of sp³-hybridized carbons (Fsp3) is 0.294. The second-order valence-electron chi connectivity index (χ2n) is 9.91. The lowest BCUT2D eigenvalue weighted by Gasteiger charge is -2.45. The molecule has 0 amide bonds. The molecule has 0 radical (unpaired) electrons. The van der Waals surface area contributed by atoms with E-state index in [-0.39, 0.29) is 18.2 Å². The molecular formula is C34H37NO3. The van der Waals surface area contributed by atoms with Crippen molar-refractivity contribution in [2.24, 2.45) is 0 Å². The molecular weight excluding hydrogens is 470 g/mol. The largest absolute Gasteiger partial charge is 0.375 e. The van der Waals surface area contributed by atoms with Crippen LogP contribution in [0.5, 0.6) is 0 Å². The predicted octanol–water partition coefficient (Wildman–Crippen LogP) is 6.65. The summed E-state index contributed by atoms with van der Waals surface area (Å²) in [4.78, 5) is 2.51. The van der Waals surface area contributed by atoms with Gasteiger partial charge in [0, 0.05) is 13.1 Å². The molecule has 1 aliphatic heterocycles. The fourth-order valence-corrected chi connectivity index (χ4v) is 5.11. The molecule has 3 unspecified atom stereocenters. The van der Waals surface area contributed by atoms with E-state index < -0.39 is 0 Å². The number of piperidine rings is 1. The van der Waals surface area contributed by atoms with Gasteiger partial charge in [0.15, 0.2) is 0 Å². The van der Waals surface area contributed by atoms with Gasteiger partial charge in [-0.15, -0.1) is 0 Å². The minimum Gasteiger partial charge on any atom is -0.375 e. The van der Waals surface area contributed by atoms with Crippen LogP contribution in [-0.4, -0.2) is 36.3 Å². The number of hydrogen-bond donors (Lipinski definition) is 0. The predicted molar refractivity (Wildman–Crippen MR) is 151 cm³/mol. The maximum atomic E-state index is 6.71. The van der Waals surface area contributed by atoms with Crippen molar-refractivity contribution in [2.45, 2.75) is 51.0 Å². The molecule has 196 valence electrons. The SMILES string of the molecule is c1ccc(COCC2C(OCc3ccccc3)C(OCc3ccccc3)CCN2Cc2ccccc2)cc1. The molecule has 38 heavy (non-hydrogen) atoms. The smallest absolute Gasteiger partial charge is 0.102 e. The molecule has 0 aromatic heterocycles. The fourth-order valence-electron chi connectivity index (χ4n) is 5.11. The van der Waals surface area contributed by atoms with Crippen molar-refractivity contribution in [3.8, 4) is 0 Å². The quantitative estimate of drug-likeness (QED) is 0.215. The van der Waals surface area contributed by atoms with Gasteiger partial charge in [0.1, 0.15) is 6.10 Å². The van der Waals surface area contributed by atoms with Crippen LogP contribution in [0.3, 0.4) is 0 Å². The Kier molecular flexibility index (Phi) is 9.72. The number of rotatable bonds is 12. The Labute approximate surface area is 226 Å². The molecule has 0 N–H and O–H groups in total. The van der Waals surface area contributed by atoms with E-state index in [2.05, 4.69) is 108 Å². The average molecular weight is 508 g/mol. The first-order valence-corrected chi connectivity index (χ1v) is 13.6. The highest BCUT2D eigenvalue weighted by molar-refractivity contribution is 5.17. The van der Waals surface area contributed by atoms with Gasteiger partial charge in [0.05, 0.1) is 38.6 Å². The van der Waals surface area contributed by atoms with E-state index in [0.717, 1.165) is 19.5 Å². The van der Waals surface area contributed by atoms with E-state index in [1.807, 2.05) is 18.2 Å². The van der Waals surface area contributed by atoms with Gasteiger partial charge in [-0.3, -0.25) is 4.90 Å². The maximum Gasteiger partial charge on any atom is 0.102 e. The Morgan fingerprint density at radius 1 is 0.553 bits per heavy atom. The van der Waals surface area contributed by atoms with Crippen molar-refractivity contribution in [3.05, 3.63) is 144 Å². The van der Waals surface area contributed by atoms with E-state index in [1.54, 1.807) is 0 Å². The van der Waals surface area contributed by atoms with Crippen LogP contribution < -0.4 is 0 Å². The highest BCUT2D eigenvalue weighted by atomic mass is 16.5. The van der Waals surface area contributed by atoms with E-state index in [0.29, 0.717) is 26.4 Å². The molecule has 4 heteroatoms. The summed E-state index contributed by atoms with van der Waals surface area (Å²) in [7, 11) is 0. The first-order valence-electron chi connectivity index (χ1n) is 13.6. The maximum absolute atomic E-state index is 6.71. The summed E-state index contributed by atoms with van der Waals surface area (Å²) in [6.45, 7) is 4.07. The topological polar surface area (TPSA) is 30.9 Å². The monoisotopic (exact) mass is 507 g/mol. The minimum atomic E-state index is -0.118. The molecule has 3 atom stereocenters. The van der Waals surface area contributed by atoms with Crippen molar-refractivity contribution in [1.29, 1.82) is 0 Å². The zero-order valence-corrected chi connectivity index (χ0v) is 21.9. The van der Waals surface area contributed by atoms with Gasteiger partial charge in [-0.05, 0) is 28.7 Å². The normalized spacial score (nSPS) is 19.8. The number of benzene rings is 4. The van der Waals surface area contributed by atoms with E-state index >= 15 is 0 Å². The second kappa shape index (κ2) is 14.0. The molecule has 4 aromatic carbocycles. The second-order valence-corrected chi connectivity index (χ2v) is 9.91. The molecule has 5 rings (SSSR count). The van der Waals surface area contributed by atoms with Crippen LogP contribution in [-0.2, 0) is 40.6 Å². The Hall–Kier alpha value is -3.28. The van der Waals surface area contributed by atoms with Crippen LogP contribution in [0.1, 0.15) is 28.7 Å². The number of likely N-dealkylation sites (tertiary alicyclic amines) is 1. The summed E-state index contributed by atoms with van der Waals surface area (Å²) in [5, 5.41) is 0. The summed E-state index contributed by atoms with van der Waals surface area (Å²) >= 11 is 0. The molecule has 4 aromatic rings. The zero-order chi connectivity index (χ0) is 25.8. The third-order valence-electron chi connectivity index (χ3n) is 7.14. The number of hydrogen-bond acceptors (Lipinski definition) is 4. The van der Waals surface area contributed by atoms with E-state index in [9.17, 15) is 0 Å². The molecule has 0 aliphatic carbocycles. The first-order chi connectivity index (χ1) is 18.8. The van der Waals surface area contributed by atoms with Crippen molar-refractivity contribution in [1.82, 2.24) is 4.90 Å². The Balaban J connectivity index is 1.35.